The van der Waals surface area contributed by atoms with Gasteiger partial charge in [0.1, 0.15) is 5.82 Å². The SMILES string of the molecule is CCNc1cc(C(F)(F)F)cc(SCC(=O)OCC)n1. The molecule has 0 fully saturated rings. The molecule has 112 valence electrons. The molecular formula is C12H15F3N2O2S. The molecule has 0 unspecified atom stereocenters. The fourth-order valence-corrected chi connectivity index (χ4v) is 2.07. The van der Waals surface area contributed by atoms with Crippen molar-refractivity contribution in [2.45, 2.75) is 25.0 Å². The summed E-state index contributed by atoms with van der Waals surface area (Å²) in [4.78, 5) is 15.2. The molecule has 0 aliphatic carbocycles. The lowest BCUT2D eigenvalue weighted by Gasteiger charge is -2.11. The number of nitrogens with one attached hydrogen (secondary N) is 1. The monoisotopic (exact) mass is 308 g/mol. The standard InChI is InChI=1S/C12H15F3N2O2S/c1-3-16-9-5-8(12(13,14)15)6-10(17-9)20-7-11(18)19-4-2/h5-6H,3-4,7H2,1-2H3,(H,16,17). The summed E-state index contributed by atoms with van der Waals surface area (Å²) in [6.45, 7) is 4.11. The summed E-state index contributed by atoms with van der Waals surface area (Å²) in [6.07, 6.45) is -4.45. The van der Waals surface area contributed by atoms with Crippen molar-refractivity contribution < 1.29 is 22.7 Å². The number of alkyl halides is 3. The summed E-state index contributed by atoms with van der Waals surface area (Å²) in [5.74, 6) is -0.427. The third kappa shape index (κ3) is 5.28. The number of ether oxygens (including phenoxy) is 1. The van der Waals surface area contributed by atoms with Gasteiger partial charge in [-0.05, 0) is 26.0 Å². The molecule has 1 aromatic heterocycles. The normalized spacial score (nSPS) is 11.2. The first-order valence-corrected chi connectivity index (χ1v) is 6.97. The van der Waals surface area contributed by atoms with Crippen LogP contribution in [0.15, 0.2) is 17.2 Å². The molecule has 0 aliphatic rings. The van der Waals surface area contributed by atoms with Crippen LogP contribution in [0.25, 0.3) is 0 Å². The van der Waals surface area contributed by atoms with E-state index in [1.54, 1.807) is 13.8 Å². The van der Waals surface area contributed by atoms with Crippen molar-refractivity contribution in [1.82, 2.24) is 4.98 Å². The second-order valence-electron chi connectivity index (χ2n) is 3.70. The molecule has 0 saturated carbocycles. The van der Waals surface area contributed by atoms with E-state index in [9.17, 15) is 18.0 Å². The van der Waals surface area contributed by atoms with Gasteiger partial charge in [0, 0.05) is 6.54 Å². The second-order valence-corrected chi connectivity index (χ2v) is 4.70. The zero-order chi connectivity index (χ0) is 15.2. The number of aromatic nitrogens is 1. The first-order valence-electron chi connectivity index (χ1n) is 5.98. The first kappa shape index (κ1) is 16.6. The lowest BCUT2D eigenvalue weighted by atomic mass is 10.2. The summed E-state index contributed by atoms with van der Waals surface area (Å²) < 4.78 is 43.0. The van der Waals surface area contributed by atoms with Crippen LogP contribution in [0.5, 0.6) is 0 Å². The highest BCUT2D eigenvalue weighted by atomic mass is 32.2. The highest BCUT2D eigenvalue weighted by molar-refractivity contribution is 7.99. The zero-order valence-electron chi connectivity index (χ0n) is 11.1. The van der Waals surface area contributed by atoms with Crippen molar-refractivity contribution in [2.24, 2.45) is 0 Å². The number of hydrogen-bond donors (Lipinski definition) is 1. The van der Waals surface area contributed by atoms with Gasteiger partial charge in [-0.3, -0.25) is 4.79 Å². The van der Waals surface area contributed by atoms with Crippen molar-refractivity contribution in [3.63, 3.8) is 0 Å². The first-order chi connectivity index (χ1) is 9.36. The van der Waals surface area contributed by atoms with Crippen LogP contribution >= 0.6 is 11.8 Å². The minimum atomic E-state index is -4.45. The molecule has 0 spiro atoms. The van der Waals surface area contributed by atoms with Gasteiger partial charge in [0.05, 0.1) is 22.9 Å². The fraction of sp³-hybridized carbons (Fsp3) is 0.500. The highest BCUT2D eigenvalue weighted by Gasteiger charge is 2.31. The van der Waals surface area contributed by atoms with Gasteiger partial charge in [-0.2, -0.15) is 13.2 Å². The van der Waals surface area contributed by atoms with E-state index in [1.165, 1.54) is 0 Å². The van der Waals surface area contributed by atoms with E-state index < -0.39 is 17.7 Å². The Kier molecular flexibility index (Phi) is 6.12. The van der Waals surface area contributed by atoms with Crippen LogP contribution in [0.1, 0.15) is 19.4 Å². The summed E-state index contributed by atoms with van der Waals surface area (Å²) in [7, 11) is 0. The average Bonchev–Trinajstić information content (AvgIpc) is 2.36. The Hall–Kier alpha value is -1.44. The summed E-state index contributed by atoms with van der Waals surface area (Å²) >= 11 is 0.913. The van der Waals surface area contributed by atoms with Crippen LogP contribution < -0.4 is 5.32 Å². The third-order valence-corrected chi connectivity index (χ3v) is 3.02. The second kappa shape index (κ2) is 7.37. The van der Waals surface area contributed by atoms with E-state index >= 15 is 0 Å². The smallest absolute Gasteiger partial charge is 0.416 e. The number of halogens is 3. The highest BCUT2D eigenvalue weighted by Crippen LogP contribution is 2.33. The number of hydrogen-bond acceptors (Lipinski definition) is 5. The molecule has 4 nitrogen and oxygen atoms in total. The molecule has 0 radical (unpaired) electrons. The molecular weight excluding hydrogens is 293 g/mol. The van der Waals surface area contributed by atoms with Crippen LogP contribution in [0, 0.1) is 0 Å². The van der Waals surface area contributed by atoms with E-state index in [2.05, 4.69) is 10.3 Å². The summed E-state index contributed by atoms with van der Waals surface area (Å²) in [6, 6.07) is 1.86. The molecule has 1 aromatic rings. The molecule has 0 bridgehead atoms. The molecule has 8 heteroatoms. The van der Waals surface area contributed by atoms with Gasteiger partial charge in [0.2, 0.25) is 0 Å². The van der Waals surface area contributed by atoms with Crippen LogP contribution in [-0.2, 0) is 15.7 Å². The number of anilines is 1. The van der Waals surface area contributed by atoms with E-state index in [-0.39, 0.29) is 23.2 Å². The van der Waals surface area contributed by atoms with Gasteiger partial charge in [0.15, 0.2) is 0 Å². The predicted molar refractivity (Wildman–Crippen MR) is 70.8 cm³/mol. The van der Waals surface area contributed by atoms with Gasteiger partial charge in [0.25, 0.3) is 0 Å². The third-order valence-electron chi connectivity index (χ3n) is 2.13. The Morgan fingerprint density at radius 3 is 2.65 bits per heavy atom. The van der Waals surface area contributed by atoms with Crippen LogP contribution in [0.2, 0.25) is 0 Å². The Balaban J connectivity index is 2.89. The maximum absolute atomic E-state index is 12.8. The van der Waals surface area contributed by atoms with E-state index in [0.717, 1.165) is 23.9 Å². The molecule has 1 heterocycles. The van der Waals surface area contributed by atoms with E-state index in [1.807, 2.05) is 0 Å². The largest absolute Gasteiger partial charge is 0.465 e. The molecule has 0 atom stereocenters. The molecule has 0 amide bonds. The Morgan fingerprint density at radius 1 is 1.40 bits per heavy atom. The van der Waals surface area contributed by atoms with Crippen molar-refractivity contribution in [2.75, 3.05) is 24.2 Å². The molecule has 1 N–H and O–H groups in total. The maximum Gasteiger partial charge on any atom is 0.416 e. The predicted octanol–water partition coefficient (Wildman–Crippen LogP) is 3.19. The zero-order valence-corrected chi connectivity index (χ0v) is 11.9. The quantitative estimate of drug-likeness (QED) is 0.646. The molecule has 20 heavy (non-hydrogen) atoms. The van der Waals surface area contributed by atoms with Crippen molar-refractivity contribution >= 4 is 23.5 Å². The van der Waals surface area contributed by atoms with Crippen LogP contribution in [-0.4, -0.2) is 29.9 Å². The number of carbonyl (C=O) groups excluding carboxylic acids is 1. The Morgan fingerprint density at radius 2 is 2.10 bits per heavy atom. The minimum absolute atomic E-state index is 0.0757. The fourth-order valence-electron chi connectivity index (χ4n) is 1.35. The maximum atomic E-state index is 12.8. The molecule has 0 aromatic carbocycles. The number of carbonyl (C=O) groups is 1. The summed E-state index contributed by atoms with van der Waals surface area (Å²) in [5.41, 5.74) is -0.796. The number of pyridine rings is 1. The Bertz CT molecular complexity index is 467. The summed E-state index contributed by atoms with van der Waals surface area (Å²) in [5, 5.41) is 2.86. The lowest BCUT2D eigenvalue weighted by molar-refractivity contribution is -0.140. The van der Waals surface area contributed by atoms with Gasteiger partial charge in [-0.25, -0.2) is 4.98 Å². The topological polar surface area (TPSA) is 51.2 Å². The lowest BCUT2D eigenvalue weighted by Crippen LogP contribution is -2.10. The average molecular weight is 308 g/mol. The molecule has 1 rings (SSSR count). The molecule has 0 saturated heterocycles. The number of thioether (sulfide) groups is 1. The molecule has 0 aliphatic heterocycles. The number of rotatable bonds is 6. The van der Waals surface area contributed by atoms with Gasteiger partial charge in [-0.15, -0.1) is 0 Å². The van der Waals surface area contributed by atoms with E-state index in [4.69, 9.17) is 4.74 Å². The van der Waals surface area contributed by atoms with Crippen molar-refractivity contribution in [3.8, 4) is 0 Å². The van der Waals surface area contributed by atoms with Crippen LogP contribution in [0.4, 0.5) is 19.0 Å². The van der Waals surface area contributed by atoms with Gasteiger partial charge < -0.3 is 10.1 Å². The van der Waals surface area contributed by atoms with Crippen molar-refractivity contribution in [1.29, 1.82) is 0 Å². The van der Waals surface area contributed by atoms with E-state index in [0.29, 0.717) is 6.54 Å². The van der Waals surface area contributed by atoms with Crippen LogP contribution in [0.3, 0.4) is 0 Å². The van der Waals surface area contributed by atoms with Gasteiger partial charge >= 0.3 is 12.1 Å². The van der Waals surface area contributed by atoms with Crippen molar-refractivity contribution in [3.05, 3.63) is 17.7 Å². The Labute approximate surface area is 119 Å². The minimum Gasteiger partial charge on any atom is -0.465 e. The number of esters is 1. The van der Waals surface area contributed by atoms with Gasteiger partial charge in [-0.1, -0.05) is 11.8 Å². The number of nitrogens with zero attached hydrogens (tertiary/aromatic N) is 1.